The zero-order valence-corrected chi connectivity index (χ0v) is 5.26. The Labute approximate surface area is 59.2 Å². The zero-order valence-electron chi connectivity index (χ0n) is 5.26. The molecule has 0 aromatic carbocycles. The zero-order chi connectivity index (χ0) is 9.07. The summed E-state index contributed by atoms with van der Waals surface area (Å²) in [6.45, 7) is -1.38. The van der Waals surface area contributed by atoms with E-state index in [-0.39, 0.29) is 0 Å². The first-order valence-electron chi connectivity index (χ1n) is 2.69. The van der Waals surface area contributed by atoms with Crippen molar-refractivity contribution in [3.8, 4) is 0 Å². The van der Waals surface area contributed by atoms with Crippen LogP contribution in [0.1, 0.15) is 6.42 Å². The van der Waals surface area contributed by atoms with Gasteiger partial charge in [-0.3, -0.25) is 4.39 Å². The highest BCUT2D eigenvalue weighted by atomic mass is 19.3. The van der Waals surface area contributed by atoms with Crippen LogP contribution in [-0.4, -0.2) is 18.8 Å². The van der Waals surface area contributed by atoms with Gasteiger partial charge in [-0.15, -0.1) is 0 Å². The van der Waals surface area contributed by atoms with Crippen molar-refractivity contribution in [2.75, 3.05) is 6.67 Å². The highest BCUT2D eigenvalue weighted by molar-refractivity contribution is 4.89. The van der Waals surface area contributed by atoms with Gasteiger partial charge in [-0.25, -0.2) is 4.39 Å². The fourth-order valence-electron chi connectivity index (χ4n) is 0.395. The topological polar surface area (TPSA) is 0 Å². The van der Waals surface area contributed by atoms with Crippen LogP contribution >= 0.6 is 0 Å². The summed E-state index contributed by atoms with van der Waals surface area (Å²) in [5.41, 5.74) is 0. The Balaban J connectivity index is 4.05. The molecular weight excluding hydrogens is 174 g/mol. The van der Waals surface area contributed by atoms with Gasteiger partial charge in [-0.2, -0.15) is 17.6 Å². The molecule has 1 unspecified atom stereocenters. The molecule has 67 valence electrons. The maximum absolute atomic E-state index is 11.9. The second-order valence-electron chi connectivity index (χ2n) is 1.83. The summed E-state index contributed by atoms with van der Waals surface area (Å²) in [6.07, 6.45) is -7.68. The standard InChI is InChI=1S/C5H5F6/c6-2-1-3(7)5(10,11)4(8)9/h3H,1-2H2. The van der Waals surface area contributed by atoms with Gasteiger partial charge in [0.25, 0.3) is 0 Å². The first-order chi connectivity index (χ1) is 4.92. The van der Waals surface area contributed by atoms with Crippen molar-refractivity contribution in [1.29, 1.82) is 0 Å². The van der Waals surface area contributed by atoms with Crippen molar-refractivity contribution in [2.24, 2.45) is 0 Å². The molecule has 0 aliphatic rings. The lowest BCUT2D eigenvalue weighted by atomic mass is 10.1. The first-order valence-corrected chi connectivity index (χ1v) is 2.69. The lowest BCUT2D eigenvalue weighted by Crippen LogP contribution is -2.33. The van der Waals surface area contributed by atoms with E-state index in [4.69, 9.17) is 0 Å². The Morgan fingerprint density at radius 2 is 1.73 bits per heavy atom. The smallest absolute Gasteiger partial charge is 0.251 e. The van der Waals surface area contributed by atoms with Gasteiger partial charge in [0, 0.05) is 6.42 Å². The summed E-state index contributed by atoms with van der Waals surface area (Å²) in [5.74, 6) is -4.81. The van der Waals surface area contributed by atoms with Crippen LogP contribution < -0.4 is 0 Å². The van der Waals surface area contributed by atoms with Gasteiger partial charge in [0.2, 0.25) is 0 Å². The van der Waals surface area contributed by atoms with Gasteiger partial charge < -0.3 is 0 Å². The second kappa shape index (κ2) is 3.82. The molecule has 0 aliphatic heterocycles. The number of rotatable bonds is 4. The van der Waals surface area contributed by atoms with E-state index in [1.54, 1.807) is 0 Å². The fourth-order valence-corrected chi connectivity index (χ4v) is 0.395. The molecule has 0 spiro atoms. The van der Waals surface area contributed by atoms with Crippen molar-refractivity contribution in [3.05, 3.63) is 6.43 Å². The Kier molecular flexibility index (Phi) is 3.68. The average Bonchev–Trinajstić information content (AvgIpc) is 1.88. The van der Waals surface area contributed by atoms with Crippen LogP contribution in [0.4, 0.5) is 26.3 Å². The van der Waals surface area contributed by atoms with E-state index in [0.29, 0.717) is 0 Å². The minimum absolute atomic E-state index is 1.22. The minimum atomic E-state index is -4.81. The minimum Gasteiger partial charge on any atom is -0.251 e. The quantitative estimate of drug-likeness (QED) is 0.582. The van der Waals surface area contributed by atoms with E-state index in [0.717, 1.165) is 0 Å². The summed E-state index contributed by atoms with van der Waals surface area (Å²) in [4.78, 5) is 0. The van der Waals surface area contributed by atoms with Gasteiger partial charge in [-0.05, 0) is 0 Å². The molecule has 0 bridgehead atoms. The van der Waals surface area contributed by atoms with Crippen LogP contribution in [0.3, 0.4) is 0 Å². The van der Waals surface area contributed by atoms with Crippen LogP contribution in [0.2, 0.25) is 0 Å². The largest absolute Gasteiger partial charge is 0.381 e. The highest BCUT2D eigenvalue weighted by Crippen LogP contribution is 2.35. The van der Waals surface area contributed by atoms with Gasteiger partial charge in [0.05, 0.1) is 6.67 Å². The van der Waals surface area contributed by atoms with Crippen molar-refractivity contribution in [3.63, 3.8) is 0 Å². The van der Waals surface area contributed by atoms with Crippen LogP contribution in [0.5, 0.6) is 0 Å². The number of hydrogen-bond acceptors (Lipinski definition) is 0. The first kappa shape index (κ1) is 10.6. The van der Waals surface area contributed by atoms with E-state index in [2.05, 4.69) is 0 Å². The van der Waals surface area contributed by atoms with Crippen LogP contribution in [0, 0.1) is 6.43 Å². The molecule has 0 N–H and O–H groups in total. The van der Waals surface area contributed by atoms with E-state index in [1.807, 2.05) is 0 Å². The van der Waals surface area contributed by atoms with E-state index < -0.39 is 31.6 Å². The molecule has 0 aromatic rings. The number of hydrogen-bond donors (Lipinski definition) is 0. The Bertz CT molecular complexity index is 112. The monoisotopic (exact) mass is 179 g/mol. The maximum atomic E-state index is 11.9. The SMILES string of the molecule is FCCC(F)C(F)(F)[C](F)F. The Morgan fingerprint density at radius 3 is 2.00 bits per heavy atom. The van der Waals surface area contributed by atoms with Crippen LogP contribution in [0.15, 0.2) is 0 Å². The average molecular weight is 179 g/mol. The van der Waals surface area contributed by atoms with Crippen molar-refractivity contribution >= 4 is 0 Å². The van der Waals surface area contributed by atoms with E-state index in [9.17, 15) is 26.3 Å². The molecule has 1 radical (unpaired) electrons. The second-order valence-corrected chi connectivity index (χ2v) is 1.83. The van der Waals surface area contributed by atoms with Crippen LogP contribution in [-0.2, 0) is 0 Å². The molecular formula is C5H5F6. The summed E-state index contributed by atoms with van der Waals surface area (Å²) in [6, 6.07) is 0. The molecule has 0 nitrogen and oxygen atoms in total. The summed E-state index contributed by atoms with van der Waals surface area (Å²) >= 11 is 0. The number of alkyl halides is 4. The number of halogens is 6. The van der Waals surface area contributed by atoms with Gasteiger partial charge in [0.15, 0.2) is 6.17 Å². The Morgan fingerprint density at radius 1 is 1.27 bits per heavy atom. The third-order valence-electron chi connectivity index (χ3n) is 1.01. The molecule has 0 fully saturated rings. The fraction of sp³-hybridized carbons (Fsp3) is 0.800. The lowest BCUT2D eigenvalue weighted by molar-refractivity contribution is -0.117. The van der Waals surface area contributed by atoms with Gasteiger partial charge in [-0.1, -0.05) is 0 Å². The summed E-state index contributed by atoms with van der Waals surface area (Å²) in [5, 5.41) is 0. The molecule has 0 rings (SSSR count). The molecule has 0 amide bonds. The van der Waals surface area contributed by atoms with Gasteiger partial charge in [0.1, 0.15) is 0 Å². The molecule has 6 heteroatoms. The molecule has 0 saturated carbocycles. The lowest BCUT2D eigenvalue weighted by Gasteiger charge is -2.16. The van der Waals surface area contributed by atoms with Crippen molar-refractivity contribution < 1.29 is 26.3 Å². The van der Waals surface area contributed by atoms with Crippen LogP contribution in [0.25, 0.3) is 0 Å². The third kappa shape index (κ3) is 2.59. The molecule has 0 aromatic heterocycles. The Hall–Kier alpha value is -0.420. The highest BCUT2D eigenvalue weighted by Gasteiger charge is 2.50. The van der Waals surface area contributed by atoms with Crippen molar-refractivity contribution in [2.45, 2.75) is 18.5 Å². The van der Waals surface area contributed by atoms with E-state index >= 15 is 0 Å². The van der Waals surface area contributed by atoms with Crippen molar-refractivity contribution in [1.82, 2.24) is 0 Å². The van der Waals surface area contributed by atoms with E-state index in [1.165, 1.54) is 0 Å². The molecule has 0 saturated heterocycles. The maximum Gasteiger partial charge on any atom is 0.381 e. The predicted octanol–water partition coefficient (Wildman–Crippen LogP) is 2.75. The predicted molar refractivity (Wildman–Crippen MR) is 25.9 cm³/mol. The van der Waals surface area contributed by atoms with Gasteiger partial charge >= 0.3 is 12.3 Å². The molecule has 0 aliphatic carbocycles. The third-order valence-corrected chi connectivity index (χ3v) is 1.01. The molecule has 11 heavy (non-hydrogen) atoms. The molecule has 1 atom stereocenters. The summed E-state index contributed by atoms with van der Waals surface area (Å²) < 4.78 is 69.1. The molecule has 0 heterocycles. The summed E-state index contributed by atoms with van der Waals surface area (Å²) in [7, 11) is 0. The normalized spacial score (nSPS) is 15.5.